The molecule has 0 spiro atoms. The molecule has 1 aromatic heterocycles. The number of aliphatic imine (C=N–C) groups is 1. The fourth-order valence-corrected chi connectivity index (χ4v) is 3.80. The lowest BCUT2D eigenvalue weighted by Gasteiger charge is -2.32. The van der Waals surface area contributed by atoms with Crippen LogP contribution in [0.3, 0.4) is 0 Å². The first-order valence-corrected chi connectivity index (χ1v) is 11.4. The number of carbonyl (C=O) groups excluding carboxylic acids is 1. The van der Waals surface area contributed by atoms with Gasteiger partial charge in [-0.05, 0) is 50.6 Å². The fourth-order valence-electron chi connectivity index (χ4n) is 3.80. The Hall–Kier alpha value is -2.07. The molecule has 1 atom stereocenters. The standard InChI is InChI=1S/C24H35N5O2.HI/c1-2-25-24(26-14-13-23(30)27-18-20-10-5-3-6-11-20)28-19-21(22-12-9-17-31-22)29-15-7-4-8-16-29;/h3,5-6,9-12,17,21H,2,4,7-8,13-16,18-19H2,1H3,(H,27,30)(H2,25,26,28);1H. The maximum atomic E-state index is 12.2. The zero-order chi connectivity index (χ0) is 21.7. The van der Waals surface area contributed by atoms with E-state index in [0.717, 1.165) is 36.9 Å². The summed E-state index contributed by atoms with van der Waals surface area (Å²) in [5, 5.41) is 9.52. The molecule has 8 heteroatoms. The highest BCUT2D eigenvalue weighted by Crippen LogP contribution is 2.25. The number of piperidine rings is 1. The van der Waals surface area contributed by atoms with Crippen LogP contribution in [0.2, 0.25) is 0 Å². The Kier molecular flexibility index (Phi) is 12.2. The van der Waals surface area contributed by atoms with Crippen molar-refractivity contribution >= 4 is 35.8 Å². The SMILES string of the molecule is CCNC(=NCC(c1ccco1)N1CCCCC1)NCCC(=O)NCc1ccccc1.I. The van der Waals surface area contributed by atoms with Crippen LogP contribution in [0.5, 0.6) is 0 Å². The Morgan fingerprint density at radius 2 is 1.84 bits per heavy atom. The van der Waals surface area contributed by atoms with Crippen LogP contribution < -0.4 is 16.0 Å². The number of halogens is 1. The van der Waals surface area contributed by atoms with Crippen LogP contribution in [0.4, 0.5) is 0 Å². The molecule has 0 aliphatic carbocycles. The minimum absolute atomic E-state index is 0. The normalized spacial score (nSPS) is 15.5. The summed E-state index contributed by atoms with van der Waals surface area (Å²) in [5.74, 6) is 1.71. The molecule has 1 aromatic carbocycles. The molecule has 32 heavy (non-hydrogen) atoms. The largest absolute Gasteiger partial charge is 0.468 e. The molecule has 0 saturated carbocycles. The Balaban J connectivity index is 0.00000363. The Bertz CT molecular complexity index is 792. The zero-order valence-electron chi connectivity index (χ0n) is 18.9. The van der Waals surface area contributed by atoms with E-state index in [0.29, 0.717) is 26.1 Å². The maximum Gasteiger partial charge on any atom is 0.222 e. The molecule has 1 amide bonds. The van der Waals surface area contributed by atoms with Gasteiger partial charge < -0.3 is 20.4 Å². The summed E-state index contributed by atoms with van der Waals surface area (Å²) < 4.78 is 5.71. The number of hydrogen-bond acceptors (Lipinski definition) is 4. The van der Waals surface area contributed by atoms with E-state index in [2.05, 4.69) is 20.9 Å². The van der Waals surface area contributed by atoms with Gasteiger partial charge in [-0.25, -0.2) is 0 Å². The van der Waals surface area contributed by atoms with Crippen molar-refractivity contribution in [2.45, 2.75) is 45.2 Å². The van der Waals surface area contributed by atoms with Gasteiger partial charge >= 0.3 is 0 Å². The number of hydrogen-bond donors (Lipinski definition) is 3. The molecule has 3 N–H and O–H groups in total. The van der Waals surface area contributed by atoms with E-state index in [1.165, 1.54) is 19.3 Å². The topological polar surface area (TPSA) is 81.9 Å². The lowest BCUT2D eigenvalue weighted by molar-refractivity contribution is -0.121. The third-order valence-electron chi connectivity index (χ3n) is 5.45. The van der Waals surface area contributed by atoms with E-state index in [1.54, 1.807) is 6.26 Å². The number of furan rings is 1. The molecule has 1 aliphatic heterocycles. The Morgan fingerprint density at radius 3 is 2.53 bits per heavy atom. The van der Waals surface area contributed by atoms with Gasteiger partial charge in [-0.15, -0.1) is 24.0 Å². The van der Waals surface area contributed by atoms with Crippen LogP contribution in [-0.2, 0) is 11.3 Å². The fraction of sp³-hybridized carbons (Fsp3) is 0.500. The van der Waals surface area contributed by atoms with Crippen molar-refractivity contribution in [2.24, 2.45) is 4.99 Å². The molecule has 0 bridgehead atoms. The first-order chi connectivity index (χ1) is 15.3. The van der Waals surface area contributed by atoms with Crippen molar-refractivity contribution in [1.29, 1.82) is 0 Å². The molecule has 7 nitrogen and oxygen atoms in total. The van der Waals surface area contributed by atoms with Gasteiger partial charge in [-0.3, -0.25) is 14.7 Å². The van der Waals surface area contributed by atoms with E-state index in [-0.39, 0.29) is 35.9 Å². The molecule has 0 radical (unpaired) electrons. The summed E-state index contributed by atoms with van der Waals surface area (Å²) in [6.07, 6.45) is 5.86. The highest BCUT2D eigenvalue weighted by Gasteiger charge is 2.24. The third kappa shape index (κ3) is 8.82. The van der Waals surface area contributed by atoms with Crippen LogP contribution in [0, 0.1) is 0 Å². The predicted octanol–water partition coefficient (Wildman–Crippen LogP) is 3.69. The van der Waals surface area contributed by atoms with Crippen LogP contribution in [0.15, 0.2) is 58.1 Å². The number of nitrogens with one attached hydrogen (secondary N) is 3. The molecule has 1 saturated heterocycles. The molecule has 1 aliphatic rings. The van der Waals surface area contributed by atoms with Gasteiger partial charge in [-0.1, -0.05) is 36.8 Å². The zero-order valence-corrected chi connectivity index (χ0v) is 21.2. The number of rotatable bonds is 10. The molecular weight excluding hydrogens is 517 g/mol. The van der Waals surface area contributed by atoms with Gasteiger partial charge in [0.15, 0.2) is 5.96 Å². The van der Waals surface area contributed by atoms with Crippen molar-refractivity contribution in [1.82, 2.24) is 20.9 Å². The van der Waals surface area contributed by atoms with Crippen molar-refractivity contribution in [3.63, 3.8) is 0 Å². The van der Waals surface area contributed by atoms with Crippen molar-refractivity contribution in [3.8, 4) is 0 Å². The van der Waals surface area contributed by atoms with Gasteiger partial charge in [0.1, 0.15) is 5.76 Å². The molecular formula is C24H36IN5O2. The monoisotopic (exact) mass is 553 g/mol. The van der Waals surface area contributed by atoms with Gasteiger partial charge in [-0.2, -0.15) is 0 Å². The quantitative estimate of drug-likeness (QED) is 0.238. The van der Waals surface area contributed by atoms with Crippen molar-refractivity contribution in [3.05, 3.63) is 60.1 Å². The Labute approximate surface area is 208 Å². The first-order valence-electron chi connectivity index (χ1n) is 11.4. The van der Waals surface area contributed by atoms with Crippen molar-refractivity contribution in [2.75, 3.05) is 32.7 Å². The summed E-state index contributed by atoms with van der Waals surface area (Å²) in [7, 11) is 0. The second-order valence-electron chi connectivity index (χ2n) is 7.79. The molecule has 1 unspecified atom stereocenters. The average Bonchev–Trinajstić information content (AvgIpc) is 3.34. The van der Waals surface area contributed by atoms with Gasteiger partial charge in [0, 0.05) is 26.1 Å². The Morgan fingerprint density at radius 1 is 1.06 bits per heavy atom. The van der Waals surface area contributed by atoms with Crippen molar-refractivity contribution < 1.29 is 9.21 Å². The lowest BCUT2D eigenvalue weighted by atomic mass is 10.1. The van der Waals surface area contributed by atoms with Crippen LogP contribution >= 0.6 is 24.0 Å². The van der Waals surface area contributed by atoms with E-state index in [9.17, 15) is 4.79 Å². The van der Waals surface area contributed by atoms with E-state index >= 15 is 0 Å². The molecule has 2 heterocycles. The summed E-state index contributed by atoms with van der Waals surface area (Å²) in [5.41, 5.74) is 1.10. The van der Waals surface area contributed by atoms with Crippen LogP contribution in [0.1, 0.15) is 50.0 Å². The summed E-state index contributed by atoms with van der Waals surface area (Å²) in [6.45, 7) is 6.65. The summed E-state index contributed by atoms with van der Waals surface area (Å²) in [4.78, 5) is 19.4. The number of carbonyl (C=O) groups is 1. The number of nitrogens with zero attached hydrogens (tertiary/aromatic N) is 2. The average molecular weight is 553 g/mol. The second-order valence-corrected chi connectivity index (χ2v) is 7.79. The maximum absolute atomic E-state index is 12.2. The van der Waals surface area contributed by atoms with E-state index in [1.807, 2.05) is 49.4 Å². The highest BCUT2D eigenvalue weighted by molar-refractivity contribution is 14.0. The number of guanidine groups is 1. The second kappa shape index (κ2) is 14.9. The number of amides is 1. The predicted molar refractivity (Wildman–Crippen MR) is 139 cm³/mol. The van der Waals surface area contributed by atoms with Gasteiger partial charge in [0.2, 0.25) is 5.91 Å². The molecule has 3 rings (SSSR count). The molecule has 1 fully saturated rings. The minimum Gasteiger partial charge on any atom is -0.468 e. The highest BCUT2D eigenvalue weighted by atomic mass is 127. The van der Waals surface area contributed by atoms with Crippen LogP contribution in [-0.4, -0.2) is 49.5 Å². The van der Waals surface area contributed by atoms with Gasteiger partial charge in [0.25, 0.3) is 0 Å². The van der Waals surface area contributed by atoms with E-state index < -0.39 is 0 Å². The summed E-state index contributed by atoms with van der Waals surface area (Å²) >= 11 is 0. The molecule has 2 aromatic rings. The van der Waals surface area contributed by atoms with E-state index in [4.69, 9.17) is 9.41 Å². The first kappa shape index (κ1) is 26.2. The lowest BCUT2D eigenvalue weighted by Crippen LogP contribution is -2.40. The number of benzene rings is 1. The minimum atomic E-state index is 0. The molecule has 176 valence electrons. The number of likely N-dealkylation sites (tertiary alicyclic amines) is 1. The third-order valence-corrected chi connectivity index (χ3v) is 5.45. The smallest absolute Gasteiger partial charge is 0.222 e. The summed E-state index contributed by atoms with van der Waals surface area (Å²) in [6, 6.07) is 14.0. The van der Waals surface area contributed by atoms with Gasteiger partial charge in [0.05, 0.1) is 18.8 Å². The van der Waals surface area contributed by atoms with Crippen LogP contribution in [0.25, 0.3) is 0 Å².